The second kappa shape index (κ2) is 6.05. The Hall–Kier alpha value is 0.360. The van der Waals surface area contributed by atoms with Gasteiger partial charge in [-0.25, -0.2) is 0 Å². The van der Waals surface area contributed by atoms with Crippen LogP contribution in [0.25, 0.3) is 0 Å². The molecule has 14 heavy (non-hydrogen) atoms. The fourth-order valence-electron chi connectivity index (χ4n) is 1.76. The maximum absolute atomic E-state index is 9.34. The maximum atomic E-state index is 9.34. The third kappa shape index (κ3) is 3.85. The van der Waals surface area contributed by atoms with Gasteiger partial charge >= 0.3 is 0 Å². The Morgan fingerprint density at radius 1 is 1.29 bits per heavy atom. The Labute approximate surface area is 94.2 Å². The Balaban J connectivity index is 2.13. The molecule has 1 aliphatic heterocycles. The van der Waals surface area contributed by atoms with E-state index in [1.54, 1.807) is 0 Å². The monoisotopic (exact) mass is 265 g/mol. The number of β-amino-alcohol motifs (C(OH)–C–C–N with tert-alkyl or cyclic N) is 2. The van der Waals surface area contributed by atoms with Crippen LogP contribution >= 0.6 is 15.9 Å². The predicted octanol–water partition coefficient (Wildman–Crippen LogP) is 0.835. The molecule has 84 valence electrons. The minimum atomic E-state index is -0.540. The van der Waals surface area contributed by atoms with Crippen LogP contribution in [0.15, 0.2) is 0 Å². The largest absolute Gasteiger partial charge is 0.389 e. The van der Waals surface area contributed by atoms with E-state index >= 15 is 0 Å². The first-order valence-corrected chi connectivity index (χ1v) is 6.40. The number of hydrogen-bond donors (Lipinski definition) is 2. The summed E-state index contributed by atoms with van der Waals surface area (Å²) in [5.41, 5.74) is 0. The Morgan fingerprint density at radius 3 is 2.36 bits per heavy atom. The molecule has 0 aromatic carbocycles. The van der Waals surface area contributed by atoms with Crippen LogP contribution in [0.3, 0.4) is 0 Å². The smallest absolute Gasteiger partial charge is 0.0938 e. The minimum absolute atomic E-state index is 0.540. The molecule has 4 heteroatoms. The molecule has 1 fully saturated rings. The van der Waals surface area contributed by atoms with Crippen molar-refractivity contribution in [2.45, 2.75) is 32.0 Å². The molecule has 0 aromatic heterocycles. The van der Waals surface area contributed by atoms with Crippen LogP contribution in [-0.4, -0.2) is 52.3 Å². The van der Waals surface area contributed by atoms with Gasteiger partial charge in [0.25, 0.3) is 0 Å². The molecule has 3 unspecified atom stereocenters. The van der Waals surface area contributed by atoms with Gasteiger partial charge < -0.3 is 10.2 Å². The van der Waals surface area contributed by atoms with Gasteiger partial charge in [-0.1, -0.05) is 22.9 Å². The quantitative estimate of drug-likeness (QED) is 0.725. The second-order valence-corrected chi connectivity index (χ2v) is 5.06. The number of aliphatic hydroxyl groups is 2. The zero-order chi connectivity index (χ0) is 10.6. The highest BCUT2D eigenvalue weighted by atomic mass is 79.9. The summed E-state index contributed by atoms with van der Waals surface area (Å²) in [5, 5.41) is 19.7. The topological polar surface area (TPSA) is 43.7 Å². The van der Waals surface area contributed by atoms with Crippen LogP contribution in [0.4, 0.5) is 0 Å². The first-order valence-electron chi connectivity index (χ1n) is 5.28. The van der Waals surface area contributed by atoms with E-state index in [1.807, 2.05) is 0 Å². The summed E-state index contributed by atoms with van der Waals surface area (Å²) in [6, 6.07) is 0. The Morgan fingerprint density at radius 2 is 1.86 bits per heavy atom. The summed E-state index contributed by atoms with van der Waals surface area (Å²) in [6.45, 7) is 4.48. The van der Waals surface area contributed by atoms with Crippen molar-refractivity contribution in [3.63, 3.8) is 0 Å². The highest BCUT2D eigenvalue weighted by Gasteiger charge is 2.28. The molecule has 3 nitrogen and oxygen atoms in total. The first kappa shape index (κ1) is 12.4. The number of alkyl halides is 1. The average Bonchev–Trinajstić information content (AvgIpc) is 2.44. The summed E-state index contributed by atoms with van der Waals surface area (Å²) < 4.78 is 0. The zero-order valence-electron chi connectivity index (χ0n) is 8.69. The van der Waals surface area contributed by atoms with Crippen molar-refractivity contribution in [1.29, 1.82) is 0 Å². The number of hydrogen-bond acceptors (Lipinski definition) is 3. The molecular formula is C10H20BrNO2. The lowest BCUT2D eigenvalue weighted by Gasteiger charge is -2.17. The standard InChI is InChI=1S/C10H20BrNO2/c1-8(2-4-11)3-5-12-6-9(13)10(14)7-12/h8-10,13-14H,2-7H2,1H3. The second-order valence-electron chi connectivity index (χ2n) is 4.27. The van der Waals surface area contributed by atoms with Gasteiger partial charge in [0, 0.05) is 18.4 Å². The molecule has 1 heterocycles. The van der Waals surface area contributed by atoms with E-state index in [4.69, 9.17) is 0 Å². The SMILES string of the molecule is CC(CCBr)CCN1CC(O)C(O)C1. The van der Waals surface area contributed by atoms with Crippen molar-refractivity contribution < 1.29 is 10.2 Å². The average molecular weight is 266 g/mol. The van der Waals surface area contributed by atoms with Crippen molar-refractivity contribution in [3.8, 4) is 0 Å². The van der Waals surface area contributed by atoms with E-state index < -0.39 is 12.2 Å². The lowest BCUT2D eigenvalue weighted by Crippen LogP contribution is -2.24. The molecule has 0 amide bonds. The molecule has 0 aromatic rings. The van der Waals surface area contributed by atoms with E-state index in [9.17, 15) is 10.2 Å². The third-order valence-electron chi connectivity index (χ3n) is 2.87. The number of rotatable bonds is 5. The van der Waals surface area contributed by atoms with Gasteiger partial charge in [-0.3, -0.25) is 4.90 Å². The van der Waals surface area contributed by atoms with Crippen molar-refractivity contribution >= 4 is 15.9 Å². The highest BCUT2D eigenvalue weighted by Crippen LogP contribution is 2.14. The molecule has 0 radical (unpaired) electrons. The zero-order valence-corrected chi connectivity index (χ0v) is 10.3. The van der Waals surface area contributed by atoms with Gasteiger partial charge in [0.15, 0.2) is 0 Å². The van der Waals surface area contributed by atoms with E-state index in [-0.39, 0.29) is 0 Å². The molecule has 1 saturated heterocycles. The molecule has 0 spiro atoms. The van der Waals surface area contributed by atoms with Gasteiger partial charge in [0.05, 0.1) is 12.2 Å². The number of nitrogens with zero attached hydrogens (tertiary/aromatic N) is 1. The summed E-state index contributed by atoms with van der Waals surface area (Å²) >= 11 is 3.43. The Bertz CT molecular complexity index is 158. The van der Waals surface area contributed by atoms with Crippen LogP contribution in [0.1, 0.15) is 19.8 Å². The number of halogens is 1. The third-order valence-corrected chi connectivity index (χ3v) is 3.33. The fourth-order valence-corrected chi connectivity index (χ4v) is 2.54. The van der Waals surface area contributed by atoms with Gasteiger partial charge in [0.1, 0.15) is 0 Å². The van der Waals surface area contributed by atoms with E-state index in [0.717, 1.165) is 18.3 Å². The lowest BCUT2D eigenvalue weighted by molar-refractivity contribution is 0.0572. The first-order chi connectivity index (χ1) is 6.63. The van der Waals surface area contributed by atoms with E-state index in [1.165, 1.54) is 6.42 Å². The van der Waals surface area contributed by atoms with Gasteiger partial charge in [-0.2, -0.15) is 0 Å². The molecule has 1 rings (SSSR count). The molecule has 0 bridgehead atoms. The van der Waals surface area contributed by atoms with Crippen LogP contribution < -0.4 is 0 Å². The predicted molar refractivity (Wildman–Crippen MR) is 60.6 cm³/mol. The van der Waals surface area contributed by atoms with Crippen molar-refractivity contribution in [2.75, 3.05) is 25.0 Å². The molecular weight excluding hydrogens is 246 g/mol. The van der Waals surface area contributed by atoms with Crippen LogP contribution in [0.5, 0.6) is 0 Å². The highest BCUT2D eigenvalue weighted by molar-refractivity contribution is 9.09. The van der Waals surface area contributed by atoms with Crippen LogP contribution in [0, 0.1) is 5.92 Å². The fraction of sp³-hybridized carbons (Fsp3) is 1.00. The Kier molecular flexibility index (Phi) is 5.38. The number of aliphatic hydroxyl groups excluding tert-OH is 2. The summed E-state index contributed by atoms with van der Waals surface area (Å²) in [4.78, 5) is 2.14. The summed E-state index contributed by atoms with van der Waals surface area (Å²) in [7, 11) is 0. The molecule has 2 N–H and O–H groups in total. The normalized spacial score (nSPS) is 30.9. The van der Waals surface area contributed by atoms with Gasteiger partial charge in [-0.05, 0) is 25.3 Å². The van der Waals surface area contributed by atoms with Crippen molar-refractivity contribution in [3.05, 3.63) is 0 Å². The van der Waals surface area contributed by atoms with E-state index in [0.29, 0.717) is 19.0 Å². The van der Waals surface area contributed by atoms with Crippen LogP contribution in [-0.2, 0) is 0 Å². The molecule has 1 aliphatic rings. The van der Waals surface area contributed by atoms with Gasteiger partial charge in [0.2, 0.25) is 0 Å². The van der Waals surface area contributed by atoms with Crippen molar-refractivity contribution in [1.82, 2.24) is 4.90 Å². The van der Waals surface area contributed by atoms with E-state index in [2.05, 4.69) is 27.8 Å². The van der Waals surface area contributed by atoms with Crippen molar-refractivity contribution in [2.24, 2.45) is 5.92 Å². The minimum Gasteiger partial charge on any atom is -0.389 e. The molecule has 3 atom stereocenters. The van der Waals surface area contributed by atoms with Crippen LogP contribution in [0.2, 0.25) is 0 Å². The molecule has 0 saturated carbocycles. The van der Waals surface area contributed by atoms with Gasteiger partial charge in [-0.15, -0.1) is 0 Å². The maximum Gasteiger partial charge on any atom is 0.0938 e. The number of likely N-dealkylation sites (tertiary alicyclic amines) is 1. The summed E-state index contributed by atoms with van der Waals surface area (Å²) in [5.74, 6) is 0.712. The molecule has 0 aliphatic carbocycles. The lowest BCUT2D eigenvalue weighted by atomic mass is 10.1. The summed E-state index contributed by atoms with van der Waals surface area (Å²) in [6.07, 6.45) is 1.26.